The first kappa shape index (κ1) is 13.4. The van der Waals surface area contributed by atoms with Gasteiger partial charge in [0.15, 0.2) is 5.76 Å². The molecular formula is C13H10BrNO4. The highest BCUT2D eigenvalue weighted by molar-refractivity contribution is 9.10. The summed E-state index contributed by atoms with van der Waals surface area (Å²) in [4.78, 5) is 23.4. The third-order valence-corrected chi connectivity index (χ3v) is 2.87. The number of benzene rings is 1. The molecule has 5 nitrogen and oxygen atoms in total. The lowest BCUT2D eigenvalue weighted by molar-refractivity contribution is 0.0993. The van der Waals surface area contributed by atoms with Gasteiger partial charge >= 0.3 is 0 Å². The summed E-state index contributed by atoms with van der Waals surface area (Å²) in [6, 6.07) is 8.12. The molecule has 2 rings (SSSR count). The number of carbonyl (C=O) groups excluding carboxylic acids is 1. The van der Waals surface area contributed by atoms with Crippen molar-refractivity contribution in [2.45, 2.75) is 0 Å². The highest BCUT2D eigenvalue weighted by atomic mass is 79.9. The lowest BCUT2D eigenvalue weighted by Gasteiger charge is -2.05. The van der Waals surface area contributed by atoms with Crippen molar-refractivity contribution >= 4 is 27.5 Å². The molecule has 0 saturated heterocycles. The molecule has 1 aromatic carbocycles. The smallest absolute Gasteiger partial charge is 0.291 e. The van der Waals surface area contributed by atoms with Gasteiger partial charge in [0.05, 0.1) is 7.11 Å². The maximum Gasteiger partial charge on any atom is 0.291 e. The van der Waals surface area contributed by atoms with E-state index in [9.17, 15) is 9.59 Å². The number of carbonyl (C=O) groups is 1. The van der Waals surface area contributed by atoms with Crippen molar-refractivity contribution < 1.29 is 13.9 Å². The first-order chi connectivity index (χ1) is 9.10. The highest BCUT2D eigenvalue weighted by Gasteiger charge is 2.11. The van der Waals surface area contributed by atoms with E-state index in [-0.39, 0.29) is 11.5 Å². The molecule has 0 radical (unpaired) electrons. The van der Waals surface area contributed by atoms with Crippen molar-refractivity contribution in [2.24, 2.45) is 0 Å². The summed E-state index contributed by atoms with van der Waals surface area (Å²) in [5, 5.41) is 2.62. The molecule has 0 unspecified atom stereocenters. The average molecular weight is 324 g/mol. The minimum absolute atomic E-state index is 0.0557. The number of rotatable bonds is 3. The van der Waals surface area contributed by atoms with E-state index < -0.39 is 11.3 Å². The number of methoxy groups -OCH3 is 1. The zero-order valence-corrected chi connectivity index (χ0v) is 11.6. The predicted octanol–water partition coefficient (Wildman–Crippen LogP) is 2.66. The number of ether oxygens (including phenoxy) is 1. The molecule has 1 aromatic heterocycles. The van der Waals surface area contributed by atoms with Crippen molar-refractivity contribution in [1.82, 2.24) is 0 Å². The third-order valence-electron chi connectivity index (χ3n) is 2.34. The quantitative estimate of drug-likeness (QED) is 0.942. The number of nitrogens with one attached hydrogen (secondary N) is 1. The van der Waals surface area contributed by atoms with Gasteiger partial charge in [-0.2, -0.15) is 0 Å². The van der Waals surface area contributed by atoms with Crippen LogP contribution in [-0.2, 0) is 0 Å². The van der Waals surface area contributed by atoms with Crippen molar-refractivity contribution in [3.63, 3.8) is 0 Å². The van der Waals surface area contributed by atoms with E-state index in [2.05, 4.69) is 21.2 Å². The van der Waals surface area contributed by atoms with Gasteiger partial charge in [-0.1, -0.05) is 15.9 Å². The molecule has 0 bridgehead atoms. The molecule has 19 heavy (non-hydrogen) atoms. The lowest BCUT2D eigenvalue weighted by atomic mass is 10.3. The average Bonchev–Trinajstić information content (AvgIpc) is 2.41. The van der Waals surface area contributed by atoms with Crippen LogP contribution in [0.2, 0.25) is 0 Å². The van der Waals surface area contributed by atoms with Crippen LogP contribution in [0.5, 0.6) is 5.75 Å². The molecule has 1 heterocycles. The molecule has 0 atom stereocenters. The topological polar surface area (TPSA) is 68.5 Å². The number of hydrogen-bond acceptors (Lipinski definition) is 4. The Balaban J connectivity index is 2.18. The molecule has 0 fully saturated rings. The molecular weight excluding hydrogens is 314 g/mol. The molecule has 0 spiro atoms. The number of halogens is 1. The first-order valence-corrected chi connectivity index (χ1v) is 6.13. The maximum absolute atomic E-state index is 11.9. The minimum atomic E-state index is -0.498. The van der Waals surface area contributed by atoms with Crippen LogP contribution in [0.15, 0.2) is 50.3 Å². The van der Waals surface area contributed by atoms with Gasteiger partial charge in [0.2, 0.25) is 11.2 Å². The fourth-order valence-electron chi connectivity index (χ4n) is 1.39. The van der Waals surface area contributed by atoms with Crippen LogP contribution in [0.3, 0.4) is 0 Å². The Morgan fingerprint density at radius 2 is 2.00 bits per heavy atom. The standard InChI is InChI=1S/C13H10BrNO4/c1-18-12-7-19-11(6-10(12)16)13(17)15-9-4-2-8(14)3-5-9/h2-7H,1H3,(H,15,17). The summed E-state index contributed by atoms with van der Waals surface area (Å²) >= 11 is 3.30. The van der Waals surface area contributed by atoms with Gasteiger partial charge in [-0.05, 0) is 24.3 Å². The van der Waals surface area contributed by atoms with Gasteiger partial charge in [0, 0.05) is 16.2 Å². The second kappa shape index (κ2) is 5.71. The van der Waals surface area contributed by atoms with Crippen molar-refractivity contribution in [1.29, 1.82) is 0 Å². The van der Waals surface area contributed by atoms with Crippen molar-refractivity contribution in [3.05, 3.63) is 57.1 Å². The summed E-state index contributed by atoms with van der Waals surface area (Å²) < 4.78 is 10.7. The van der Waals surface area contributed by atoms with E-state index in [0.29, 0.717) is 5.69 Å². The maximum atomic E-state index is 11.9. The van der Waals surface area contributed by atoms with Crippen LogP contribution in [0.1, 0.15) is 10.6 Å². The highest BCUT2D eigenvalue weighted by Crippen LogP contribution is 2.15. The zero-order valence-electron chi connectivity index (χ0n) is 9.98. The Labute approximate surface area is 117 Å². The largest absolute Gasteiger partial charge is 0.490 e. The van der Waals surface area contributed by atoms with Gasteiger partial charge in [-0.25, -0.2) is 0 Å². The Kier molecular flexibility index (Phi) is 4.01. The predicted molar refractivity (Wildman–Crippen MR) is 73.6 cm³/mol. The van der Waals surface area contributed by atoms with Crippen LogP contribution in [0.4, 0.5) is 5.69 Å². The Morgan fingerprint density at radius 1 is 1.32 bits per heavy atom. The minimum Gasteiger partial charge on any atom is -0.490 e. The zero-order chi connectivity index (χ0) is 13.8. The molecule has 1 N–H and O–H groups in total. The summed E-state index contributed by atoms with van der Waals surface area (Å²) in [6.45, 7) is 0. The monoisotopic (exact) mass is 323 g/mol. The fraction of sp³-hybridized carbons (Fsp3) is 0.0769. The number of anilines is 1. The molecule has 0 saturated carbocycles. The molecule has 98 valence electrons. The van der Waals surface area contributed by atoms with Crippen LogP contribution in [-0.4, -0.2) is 13.0 Å². The van der Waals surface area contributed by atoms with Crippen LogP contribution in [0.25, 0.3) is 0 Å². The van der Waals surface area contributed by atoms with Crippen molar-refractivity contribution in [2.75, 3.05) is 12.4 Å². The second-order valence-electron chi connectivity index (χ2n) is 3.64. The SMILES string of the molecule is COc1coc(C(=O)Nc2ccc(Br)cc2)cc1=O. The van der Waals surface area contributed by atoms with Crippen LogP contribution < -0.4 is 15.5 Å². The normalized spacial score (nSPS) is 10.0. The van der Waals surface area contributed by atoms with Gasteiger partial charge in [0.25, 0.3) is 5.91 Å². The van der Waals surface area contributed by atoms with Gasteiger partial charge in [-0.15, -0.1) is 0 Å². The van der Waals surface area contributed by atoms with Gasteiger partial charge in [-0.3, -0.25) is 9.59 Å². The van der Waals surface area contributed by atoms with Gasteiger partial charge in [0.1, 0.15) is 6.26 Å². The van der Waals surface area contributed by atoms with E-state index in [0.717, 1.165) is 16.8 Å². The molecule has 1 amide bonds. The summed E-state index contributed by atoms with van der Waals surface area (Å²) in [7, 11) is 1.35. The second-order valence-corrected chi connectivity index (χ2v) is 4.55. The number of amides is 1. The van der Waals surface area contributed by atoms with E-state index in [1.54, 1.807) is 24.3 Å². The van der Waals surface area contributed by atoms with Crippen LogP contribution >= 0.6 is 15.9 Å². The van der Waals surface area contributed by atoms with Gasteiger partial charge < -0.3 is 14.5 Å². The van der Waals surface area contributed by atoms with E-state index >= 15 is 0 Å². The molecule has 0 aliphatic rings. The summed E-state index contributed by atoms with van der Waals surface area (Å²) in [5.74, 6) is -0.518. The molecule has 0 aliphatic heterocycles. The Bertz CT molecular complexity index is 648. The molecule has 0 aliphatic carbocycles. The summed E-state index contributed by atoms with van der Waals surface area (Å²) in [6.07, 6.45) is 1.11. The lowest BCUT2D eigenvalue weighted by Crippen LogP contribution is -2.15. The third kappa shape index (κ3) is 3.23. The van der Waals surface area contributed by atoms with E-state index in [4.69, 9.17) is 9.15 Å². The Morgan fingerprint density at radius 3 is 2.58 bits per heavy atom. The molecule has 2 aromatic rings. The fourth-order valence-corrected chi connectivity index (χ4v) is 1.66. The summed E-state index contributed by atoms with van der Waals surface area (Å²) in [5.41, 5.74) is 0.196. The van der Waals surface area contributed by atoms with Crippen LogP contribution in [0, 0.1) is 0 Å². The molecule has 6 heteroatoms. The van der Waals surface area contributed by atoms with Crippen molar-refractivity contribution in [3.8, 4) is 5.75 Å². The van der Waals surface area contributed by atoms with E-state index in [1.165, 1.54) is 7.11 Å². The first-order valence-electron chi connectivity index (χ1n) is 5.34. The Hall–Kier alpha value is -2.08. The number of hydrogen-bond donors (Lipinski definition) is 1. The van der Waals surface area contributed by atoms with E-state index in [1.807, 2.05) is 0 Å².